The fourth-order valence-electron chi connectivity index (χ4n) is 3.18. The number of guanidine groups is 2. The number of fused-ring (bicyclic) bond motifs is 4. The van der Waals surface area contributed by atoms with Crippen molar-refractivity contribution in [2.45, 2.75) is 0 Å². The molecule has 0 amide bonds. The van der Waals surface area contributed by atoms with Crippen LogP contribution in [0.15, 0.2) is 71.7 Å². The molecule has 7 N–H and O–H groups in total. The molecule has 26 heavy (non-hydrogen) atoms. The number of benzene rings is 4. The lowest BCUT2D eigenvalue weighted by Gasteiger charge is -2.15. The monoisotopic (exact) mass is 342 g/mol. The van der Waals surface area contributed by atoms with Crippen LogP contribution in [0.25, 0.3) is 32.3 Å². The Kier molecular flexibility index (Phi) is 3.67. The SMILES string of the molecule is N=C(N)N(N)C(N)=Nc1cccc2ccc3cc4ccccc4cc3c12. The molecule has 4 rings (SSSR count). The lowest BCUT2D eigenvalue weighted by atomic mass is 9.97. The third-order valence-corrected chi connectivity index (χ3v) is 4.45. The highest BCUT2D eigenvalue weighted by Crippen LogP contribution is 2.35. The molecular formula is C20H18N6. The molecule has 0 bridgehead atoms. The Morgan fingerprint density at radius 1 is 0.808 bits per heavy atom. The third-order valence-electron chi connectivity index (χ3n) is 4.45. The number of rotatable bonds is 1. The minimum atomic E-state index is -0.373. The minimum Gasteiger partial charge on any atom is -0.369 e. The van der Waals surface area contributed by atoms with Gasteiger partial charge >= 0.3 is 0 Å². The smallest absolute Gasteiger partial charge is 0.218 e. The van der Waals surface area contributed by atoms with Crippen LogP contribution in [0.1, 0.15) is 0 Å². The number of aliphatic imine (C=N–C) groups is 1. The Morgan fingerprint density at radius 3 is 2.19 bits per heavy atom. The van der Waals surface area contributed by atoms with Crippen molar-refractivity contribution in [3.8, 4) is 0 Å². The predicted molar refractivity (Wildman–Crippen MR) is 108 cm³/mol. The number of hydrogen-bond donors (Lipinski definition) is 4. The van der Waals surface area contributed by atoms with Gasteiger partial charge in [-0.25, -0.2) is 15.8 Å². The summed E-state index contributed by atoms with van der Waals surface area (Å²) in [6, 6.07) is 22.5. The first-order valence-corrected chi connectivity index (χ1v) is 8.12. The van der Waals surface area contributed by atoms with Crippen molar-refractivity contribution in [3.05, 3.63) is 66.7 Å². The van der Waals surface area contributed by atoms with Gasteiger partial charge in [0, 0.05) is 5.39 Å². The van der Waals surface area contributed by atoms with Crippen LogP contribution in [0.4, 0.5) is 5.69 Å². The number of hydrogen-bond acceptors (Lipinski definition) is 3. The molecule has 0 aromatic heterocycles. The summed E-state index contributed by atoms with van der Waals surface area (Å²) in [5.41, 5.74) is 12.0. The summed E-state index contributed by atoms with van der Waals surface area (Å²) in [7, 11) is 0. The number of hydrazine groups is 1. The lowest BCUT2D eigenvalue weighted by molar-refractivity contribution is 0.633. The first kappa shape index (κ1) is 15.9. The molecule has 4 aromatic carbocycles. The first-order chi connectivity index (χ1) is 12.5. The van der Waals surface area contributed by atoms with Gasteiger partial charge in [0.15, 0.2) is 0 Å². The second-order valence-corrected chi connectivity index (χ2v) is 6.09. The van der Waals surface area contributed by atoms with Gasteiger partial charge in [0.25, 0.3) is 0 Å². The molecule has 6 heteroatoms. The van der Waals surface area contributed by atoms with Crippen molar-refractivity contribution in [3.63, 3.8) is 0 Å². The van der Waals surface area contributed by atoms with Gasteiger partial charge in [-0.1, -0.05) is 48.5 Å². The summed E-state index contributed by atoms with van der Waals surface area (Å²) in [6.07, 6.45) is 0. The zero-order valence-corrected chi connectivity index (χ0v) is 14.0. The van der Waals surface area contributed by atoms with Crippen LogP contribution in [0, 0.1) is 5.41 Å². The van der Waals surface area contributed by atoms with Gasteiger partial charge in [-0.2, -0.15) is 0 Å². The van der Waals surface area contributed by atoms with E-state index in [0.717, 1.165) is 31.9 Å². The molecule has 0 aliphatic carbocycles. The zero-order chi connectivity index (χ0) is 18.3. The van der Waals surface area contributed by atoms with Crippen LogP contribution in [0.2, 0.25) is 0 Å². The van der Waals surface area contributed by atoms with Crippen LogP contribution in [-0.4, -0.2) is 16.9 Å². The summed E-state index contributed by atoms with van der Waals surface area (Å²) < 4.78 is 0. The van der Waals surface area contributed by atoms with Crippen molar-refractivity contribution >= 4 is 49.9 Å². The summed E-state index contributed by atoms with van der Waals surface area (Å²) in [5.74, 6) is 5.26. The topological polar surface area (TPSA) is 118 Å². The van der Waals surface area contributed by atoms with Gasteiger partial charge in [0.05, 0.1) is 5.69 Å². The van der Waals surface area contributed by atoms with E-state index in [1.54, 1.807) is 0 Å². The number of nitrogens with two attached hydrogens (primary N) is 3. The van der Waals surface area contributed by atoms with E-state index < -0.39 is 0 Å². The Bertz CT molecular complexity index is 1190. The summed E-state index contributed by atoms with van der Waals surface area (Å²) in [5, 5.41) is 14.8. The third kappa shape index (κ3) is 2.58. The van der Waals surface area contributed by atoms with E-state index in [9.17, 15) is 0 Å². The highest BCUT2D eigenvalue weighted by molar-refractivity contribution is 6.16. The van der Waals surface area contributed by atoms with E-state index >= 15 is 0 Å². The highest BCUT2D eigenvalue weighted by Gasteiger charge is 2.10. The molecule has 4 aromatic rings. The van der Waals surface area contributed by atoms with Crippen molar-refractivity contribution in [2.24, 2.45) is 22.3 Å². The van der Waals surface area contributed by atoms with E-state index in [2.05, 4.69) is 41.4 Å². The fraction of sp³-hybridized carbons (Fsp3) is 0. The van der Waals surface area contributed by atoms with Crippen LogP contribution in [0.3, 0.4) is 0 Å². The molecule has 0 heterocycles. The Morgan fingerprint density at radius 2 is 1.46 bits per heavy atom. The zero-order valence-electron chi connectivity index (χ0n) is 14.0. The van der Waals surface area contributed by atoms with Gasteiger partial charge in [-0.3, -0.25) is 5.41 Å². The quantitative estimate of drug-likeness (QED) is 0.106. The van der Waals surface area contributed by atoms with Crippen molar-refractivity contribution in [1.29, 1.82) is 5.41 Å². The average molecular weight is 342 g/mol. The molecule has 0 saturated carbocycles. The Hall–Kier alpha value is -3.64. The van der Waals surface area contributed by atoms with Gasteiger partial charge in [0.1, 0.15) is 0 Å². The molecule has 0 radical (unpaired) electrons. The van der Waals surface area contributed by atoms with Gasteiger partial charge in [-0.05, 0) is 45.1 Å². The maximum absolute atomic E-state index is 7.40. The van der Waals surface area contributed by atoms with Gasteiger partial charge < -0.3 is 11.5 Å². The van der Waals surface area contributed by atoms with E-state index in [-0.39, 0.29) is 11.9 Å². The Labute approximate surface area is 150 Å². The summed E-state index contributed by atoms with van der Waals surface area (Å²) in [6.45, 7) is 0. The molecule has 0 fully saturated rings. The molecule has 0 aliphatic heterocycles. The van der Waals surface area contributed by atoms with Crippen LogP contribution < -0.4 is 17.3 Å². The van der Waals surface area contributed by atoms with E-state index in [0.29, 0.717) is 5.69 Å². The highest BCUT2D eigenvalue weighted by atomic mass is 15.5. The standard InChI is InChI=1S/C20H18N6/c21-19(22)26(24)20(23)25-17-7-3-6-12-8-9-15-10-13-4-1-2-5-14(13)11-16(15)18(12)17/h1-11H,24H2,(H3,21,22)(H2,23,25). The maximum atomic E-state index is 7.40. The van der Waals surface area contributed by atoms with E-state index in [4.69, 9.17) is 22.7 Å². The van der Waals surface area contributed by atoms with Gasteiger partial charge in [0.2, 0.25) is 11.9 Å². The molecule has 6 nitrogen and oxygen atoms in total. The first-order valence-electron chi connectivity index (χ1n) is 8.12. The number of nitrogens with zero attached hydrogens (tertiary/aromatic N) is 2. The largest absolute Gasteiger partial charge is 0.369 e. The number of nitrogens with one attached hydrogen (secondary N) is 1. The van der Waals surface area contributed by atoms with Crippen molar-refractivity contribution in [1.82, 2.24) is 5.01 Å². The molecule has 128 valence electrons. The summed E-state index contributed by atoms with van der Waals surface area (Å²) >= 11 is 0. The normalized spacial score (nSPS) is 12.0. The lowest BCUT2D eigenvalue weighted by Crippen LogP contribution is -2.50. The Balaban J connectivity index is 2.04. The second-order valence-electron chi connectivity index (χ2n) is 6.09. The molecule has 0 atom stereocenters. The molecule has 0 aliphatic rings. The van der Waals surface area contributed by atoms with E-state index in [1.165, 1.54) is 5.39 Å². The molecule has 0 spiro atoms. The van der Waals surface area contributed by atoms with Crippen LogP contribution in [0.5, 0.6) is 0 Å². The predicted octanol–water partition coefficient (Wildman–Crippen LogP) is 3.16. The van der Waals surface area contributed by atoms with Crippen LogP contribution in [-0.2, 0) is 0 Å². The summed E-state index contributed by atoms with van der Waals surface area (Å²) in [4.78, 5) is 4.41. The fourth-order valence-corrected chi connectivity index (χ4v) is 3.18. The molecule has 0 saturated heterocycles. The van der Waals surface area contributed by atoms with Crippen molar-refractivity contribution < 1.29 is 0 Å². The minimum absolute atomic E-state index is 0.0391. The maximum Gasteiger partial charge on any atom is 0.218 e. The molecular weight excluding hydrogens is 324 g/mol. The van der Waals surface area contributed by atoms with Gasteiger partial charge in [-0.15, -0.1) is 0 Å². The second kappa shape index (κ2) is 6.02. The van der Waals surface area contributed by atoms with E-state index in [1.807, 2.05) is 30.3 Å². The molecule has 0 unspecified atom stereocenters. The van der Waals surface area contributed by atoms with Crippen LogP contribution >= 0.6 is 0 Å². The average Bonchev–Trinajstić information content (AvgIpc) is 2.65. The van der Waals surface area contributed by atoms with Crippen molar-refractivity contribution in [2.75, 3.05) is 0 Å².